The number of benzene rings is 1. The van der Waals surface area contributed by atoms with Crippen LogP contribution in [0.3, 0.4) is 0 Å². The van der Waals surface area contributed by atoms with Crippen molar-refractivity contribution in [3.8, 4) is 0 Å². The number of hydrogen-bond donors (Lipinski definition) is 0. The first kappa shape index (κ1) is 10.6. The van der Waals surface area contributed by atoms with Crippen molar-refractivity contribution in [2.75, 3.05) is 0 Å². The van der Waals surface area contributed by atoms with Crippen LogP contribution in [0.1, 0.15) is 12.8 Å². The molecule has 76 valence electrons. The molecular formula is C9H7BrClFOS. The summed E-state index contributed by atoms with van der Waals surface area (Å²) in [5.41, 5.74) is 0. The molecule has 0 bridgehead atoms. The predicted octanol–water partition coefficient (Wildman–Crippen LogP) is 3.42. The molecule has 0 saturated heterocycles. The van der Waals surface area contributed by atoms with Crippen molar-refractivity contribution < 1.29 is 8.60 Å². The molecule has 0 aromatic heterocycles. The van der Waals surface area contributed by atoms with E-state index in [0.717, 1.165) is 12.8 Å². The molecule has 0 spiro atoms. The van der Waals surface area contributed by atoms with Gasteiger partial charge in [-0.25, -0.2) is 4.39 Å². The van der Waals surface area contributed by atoms with E-state index in [2.05, 4.69) is 15.9 Å². The zero-order valence-corrected chi connectivity index (χ0v) is 10.3. The van der Waals surface area contributed by atoms with E-state index >= 15 is 0 Å². The second kappa shape index (κ2) is 3.58. The SMILES string of the molecule is O=S(c1ccc(F)c(Br)c1)C1(Cl)CC1. The second-order valence-corrected chi connectivity index (χ2v) is 6.82. The zero-order valence-electron chi connectivity index (χ0n) is 7.10. The third kappa shape index (κ3) is 1.88. The summed E-state index contributed by atoms with van der Waals surface area (Å²) in [5.74, 6) is -0.356. The van der Waals surface area contributed by atoms with E-state index in [-0.39, 0.29) is 5.82 Å². The maximum Gasteiger partial charge on any atom is 0.137 e. The van der Waals surface area contributed by atoms with Crippen LogP contribution in [0.25, 0.3) is 0 Å². The average molecular weight is 298 g/mol. The summed E-state index contributed by atoms with van der Waals surface area (Å²) in [7, 11) is -1.24. The molecule has 1 fully saturated rings. The van der Waals surface area contributed by atoms with E-state index in [1.165, 1.54) is 18.2 Å². The van der Waals surface area contributed by atoms with E-state index in [1.807, 2.05) is 0 Å². The summed E-state index contributed by atoms with van der Waals surface area (Å²) in [6, 6.07) is 4.33. The number of hydrogen-bond acceptors (Lipinski definition) is 1. The lowest BCUT2D eigenvalue weighted by Crippen LogP contribution is -2.08. The van der Waals surface area contributed by atoms with Gasteiger partial charge in [0.2, 0.25) is 0 Å². The van der Waals surface area contributed by atoms with Crippen LogP contribution in [0.5, 0.6) is 0 Å². The van der Waals surface area contributed by atoms with Gasteiger partial charge in [-0.2, -0.15) is 0 Å². The number of rotatable bonds is 2. The molecule has 0 heterocycles. The van der Waals surface area contributed by atoms with Crippen molar-refractivity contribution in [2.24, 2.45) is 0 Å². The first-order valence-electron chi connectivity index (χ1n) is 4.09. The smallest absolute Gasteiger partial charge is 0.137 e. The molecule has 1 aromatic rings. The molecule has 1 atom stereocenters. The number of halogens is 3. The maximum absolute atomic E-state index is 12.9. The fourth-order valence-corrected chi connectivity index (χ4v) is 3.29. The molecule has 1 aliphatic rings. The van der Waals surface area contributed by atoms with Gasteiger partial charge in [-0.05, 0) is 47.0 Å². The van der Waals surface area contributed by atoms with E-state index in [0.29, 0.717) is 9.37 Å². The van der Waals surface area contributed by atoms with E-state index in [9.17, 15) is 8.60 Å². The Morgan fingerprint density at radius 3 is 2.64 bits per heavy atom. The third-order valence-electron chi connectivity index (χ3n) is 2.08. The fourth-order valence-electron chi connectivity index (χ4n) is 1.09. The molecule has 1 saturated carbocycles. The van der Waals surface area contributed by atoms with E-state index in [4.69, 9.17) is 11.6 Å². The van der Waals surface area contributed by atoms with Gasteiger partial charge in [0.05, 0.1) is 15.3 Å². The minimum Gasteiger partial charge on any atom is -0.253 e. The largest absolute Gasteiger partial charge is 0.253 e. The monoisotopic (exact) mass is 296 g/mol. The van der Waals surface area contributed by atoms with Gasteiger partial charge in [0.25, 0.3) is 0 Å². The highest BCUT2D eigenvalue weighted by Gasteiger charge is 2.47. The molecule has 14 heavy (non-hydrogen) atoms. The fraction of sp³-hybridized carbons (Fsp3) is 0.333. The molecule has 0 aliphatic heterocycles. The first-order chi connectivity index (χ1) is 6.53. The maximum atomic E-state index is 12.9. The predicted molar refractivity (Wildman–Crippen MR) is 58.3 cm³/mol. The average Bonchev–Trinajstić information content (AvgIpc) is 2.89. The molecule has 5 heteroatoms. The Balaban J connectivity index is 2.33. The van der Waals surface area contributed by atoms with Crippen molar-refractivity contribution >= 4 is 38.3 Å². The van der Waals surface area contributed by atoms with Gasteiger partial charge in [0.1, 0.15) is 10.0 Å². The standard InChI is InChI=1S/C9H7BrClFOS/c10-7-5-6(1-2-8(7)12)14(13)9(11)3-4-9/h1-2,5H,3-4H2. The van der Waals surface area contributed by atoms with Gasteiger partial charge >= 0.3 is 0 Å². The summed E-state index contributed by atoms with van der Waals surface area (Å²) in [6.45, 7) is 0. The third-order valence-corrected chi connectivity index (χ3v) is 5.24. The summed E-state index contributed by atoms with van der Waals surface area (Å²) < 4.78 is 24.4. The van der Waals surface area contributed by atoms with Crippen LogP contribution in [0.2, 0.25) is 0 Å². The van der Waals surface area contributed by atoms with Crippen LogP contribution in [-0.4, -0.2) is 8.42 Å². The van der Waals surface area contributed by atoms with Crippen molar-refractivity contribution in [2.45, 2.75) is 21.9 Å². The van der Waals surface area contributed by atoms with Crippen LogP contribution in [0.4, 0.5) is 4.39 Å². The Hall–Kier alpha value is 0.0700. The lowest BCUT2D eigenvalue weighted by atomic mass is 10.3. The lowest BCUT2D eigenvalue weighted by Gasteiger charge is -2.06. The molecule has 1 aromatic carbocycles. The Kier molecular flexibility index (Phi) is 2.70. The minimum atomic E-state index is -1.24. The normalized spacial score (nSPS) is 20.5. The van der Waals surface area contributed by atoms with Gasteiger partial charge in [0, 0.05) is 4.90 Å². The molecule has 0 radical (unpaired) electrons. The van der Waals surface area contributed by atoms with Gasteiger partial charge in [-0.1, -0.05) is 0 Å². The summed E-state index contributed by atoms with van der Waals surface area (Å²) >= 11 is 9.06. The van der Waals surface area contributed by atoms with Crippen molar-refractivity contribution in [3.63, 3.8) is 0 Å². The highest BCUT2D eigenvalue weighted by molar-refractivity contribution is 9.10. The lowest BCUT2D eigenvalue weighted by molar-refractivity contribution is 0.619. The summed E-state index contributed by atoms with van der Waals surface area (Å²) in [4.78, 5) is 0.575. The van der Waals surface area contributed by atoms with Crippen LogP contribution in [0.15, 0.2) is 27.6 Å². The van der Waals surface area contributed by atoms with E-state index in [1.54, 1.807) is 0 Å². The van der Waals surface area contributed by atoms with E-state index < -0.39 is 15.0 Å². The van der Waals surface area contributed by atoms with Gasteiger partial charge in [-0.3, -0.25) is 4.21 Å². The van der Waals surface area contributed by atoms with Crippen molar-refractivity contribution in [1.82, 2.24) is 0 Å². The molecule has 1 nitrogen and oxygen atoms in total. The minimum absolute atomic E-state index is 0.323. The summed E-state index contributed by atoms with van der Waals surface area (Å²) in [5, 5.41) is 0. The molecule has 1 unspecified atom stereocenters. The molecule has 0 amide bonds. The zero-order chi connectivity index (χ0) is 10.3. The first-order valence-corrected chi connectivity index (χ1v) is 6.41. The van der Waals surface area contributed by atoms with Crippen molar-refractivity contribution in [3.05, 3.63) is 28.5 Å². The van der Waals surface area contributed by atoms with Gasteiger partial charge in [-0.15, -0.1) is 11.6 Å². The summed E-state index contributed by atoms with van der Waals surface area (Å²) in [6.07, 6.45) is 1.52. The highest BCUT2D eigenvalue weighted by atomic mass is 79.9. The molecular weight excluding hydrogens is 291 g/mol. The second-order valence-electron chi connectivity index (χ2n) is 3.23. The molecule has 1 aliphatic carbocycles. The van der Waals surface area contributed by atoms with Crippen LogP contribution < -0.4 is 0 Å². The van der Waals surface area contributed by atoms with Gasteiger partial charge < -0.3 is 0 Å². The molecule has 2 rings (SSSR count). The van der Waals surface area contributed by atoms with Crippen molar-refractivity contribution in [1.29, 1.82) is 0 Å². The Bertz CT molecular complexity index is 406. The Morgan fingerprint density at radius 2 is 2.14 bits per heavy atom. The highest BCUT2D eigenvalue weighted by Crippen LogP contribution is 2.48. The topological polar surface area (TPSA) is 17.1 Å². The van der Waals surface area contributed by atoms with Crippen LogP contribution in [0, 0.1) is 5.82 Å². The van der Waals surface area contributed by atoms with Crippen LogP contribution >= 0.6 is 27.5 Å². The van der Waals surface area contributed by atoms with Gasteiger partial charge in [0.15, 0.2) is 0 Å². The number of alkyl halides is 1. The Morgan fingerprint density at radius 1 is 1.50 bits per heavy atom. The quantitative estimate of drug-likeness (QED) is 0.764. The van der Waals surface area contributed by atoms with Crippen LogP contribution in [-0.2, 0) is 10.8 Å². The Labute approximate surface area is 97.2 Å². The molecule has 0 N–H and O–H groups in total.